The van der Waals surface area contributed by atoms with E-state index >= 15 is 0 Å². The summed E-state index contributed by atoms with van der Waals surface area (Å²) in [5, 5.41) is 9.49. The summed E-state index contributed by atoms with van der Waals surface area (Å²) in [6.07, 6.45) is 4.59. The molecule has 158 valence electrons. The first-order valence-electron chi connectivity index (χ1n) is 10.5. The fourth-order valence-electron chi connectivity index (χ4n) is 5.16. The van der Waals surface area contributed by atoms with E-state index in [1.165, 1.54) is 0 Å². The normalized spacial score (nSPS) is 29.9. The molecule has 2 aliphatic carbocycles. The van der Waals surface area contributed by atoms with Gasteiger partial charge < -0.3 is 9.29 Å². The topological polar surface area (TPSA) is 85.2 Å². The Morgan fingerprint density at radius 3 is 2.76 bits per heavy atom. The average molecular weight is 417 g/mol. The molecular weight excluding hydrogens is 384 g/mol. The van der Waals surface area contributed by atoms with Gasteiger partial charge in [-0.25, -0.2) is 4.79 Å². The second kappa shape index (κ2) is 7.94. The van der Waals surface area contributed by atoms with Crippen molar-refractivity contribution in [2.45, 2.75) is 77.0 Å². The first kappa shape index (κ1) is 22.1. The number of nitrogens with one attached hydrogen (secondary N) is 1. The molecule has 1 saturated carbocycles. The number of hydrogen-bond acceptors (Lipinski definition) is 5. The summed E-state index contributed by atoms with van der Waals surface area (Å²) in [4.78, 5) is 13.7. The number of carbonyl (C=O) groups is 1. The molecule has 1 aromatic rings. The Kier molecular flexibility index (Phi) is 6.06. The van der Waals surface area contributed by atoms with E-state index in [9.17, 15) is 14.6 Å². The lowest BCUT2D eigenvalue weighted by Crippen LogP contribution is -2.64. The maximum atomic E-state index is 13.7. The van der Waals surface area contributed by atoms with Crippen LogP contribution < -0.4 is 4.72 Å². The van der Waals surface area contributed by atoms with E-state index in [1.807, 2.05) is 26.8 Å². The molecular formula is C23H32N2O3S. The van der Waals surface area contributed by atoms with Gasteiger partial charge in [0, 0.05) is 16.8 Å². The number of carbonyl (C=O) groups excluding carboxylic acids is 1. The third kappa shape index (κ3) is 3.69. The van der Waals surface area contributed by atoms with Crippen LogP contribution in [0.2, 0.25) is 0 Å². The second-order valence-corrected chi connectivity index (χ2v) is 11.6. The number of nitriles is 1. The summed E-state index contributed by atoms with van der Waals surface area (Å²) in [5.41, 5.74) is 0.694. The Balaban J connectivity index is 2.26. The highest BCUT2D eigenvalue weighted by Crippen LogP contribution is 2.59. The maximum Gasteiger partial charge on any atom is 0.336 e. The van der Waals surface area contributed by atoms with Gasteiger partial charge in [0.15, 0.2) is 5.54 Å². The molecule has 1 spiro atoms. The lowest BCUT2D eigenvalue weighted by atomic mass is 9.60. The molecule has 0 bridgehead atoms. The number of esters is 1. The molecule has 0 aliphatic heterocycles. The number of fused-ring (bicyclic) bond motifs is 1. The Bertz CT molecular complexity index is 828. The summed E-state index contributed by atoms with van der Waals surface area (Å²) < 4.78 is 21.7. The summed E-state index contributed by atoms with van der Waals surface area (Å²) in [6.45, 7) is 9.96. The summed E-state index contributed by atoms with van der Waals surface area (Å²) in [6, 6.07) is 7.75. The molecule has 0 amide bonds. The summed E-state index contributed by atoms with van der Waals surface area (Å²) >= 11 is -1.48. The summed E-state index contributed by atoms with van der Waals surface area (Å²) in [7, 11) is 0. The molecule has 5 nitrogen and oxygen atoms in total. The average Bonchev–Trinajstić information content (AvgIpc) is 2.90. The van der Waals surface area contributed by atoms with Crippen molar-refractivity contribution >= 4 is 17.3 Å². The first-order chi connectivity index (χ1) is 13.6. The number of hydrogen-bond donors (Lipinski definition) is 1. The maximum absolute atomic E-state index is 13.7. The fraction of sp³-hybridized carbons (Fsp3) is 0.652. The molecule has 1 fully saturated rings. The number of rotatable bonds is 4. The van der Waals surface area contributed by atoms with Crippen LogP contribution in [0.1, 0.15) is 77.0 Å². The molecule has 0 heterocycles. The molecule has 4 atom stereocenters. The van der Waals surface area contributed by atoms with Crippen LogP contribution in [0.25, 0.3) is 0 Å². The van der Waals surface area contributed by atoms with Crippen LogP contribution in [0, 0.1) is 22.7 Å². The van der Waals surface area contributed by atoms with Gasteiger partial charge in [-0.05, 0) is 76.1 Å². The molecule has 0 aromatic heterocycles. The SMILES string of the molecule is CCOC(=O)[C@]1(N[S@@+]([O-])C(C)(C)C)c2cc(C#N)ccc2C[C@@]12CCC[C@@H](C)C2. The van der Waals surface area contributed by atoms with Crippen LogP contribution in [0.4, 0.5) is 0 Å². The van der Waals surface area contributed by atoms with E-state index in [-0.39, 0.29) is 12.6 Å². The molecule has 6 heteroatoms. The highest BCUT2D eigenvalue weighted by molar-refractivity contribution is 7.90. The van der Waals surface area contributed by atoms with Crippen molar-refractivity contribution in [3.63, 3.8) is 0 Å². The largest absolute Gasteiger partial charge is 0.598 e. The van der Waals surface area contributed by atoms with Gasteiger partial charge in [-0.1, -0.05) is 25.8 Å². The van der Waals surface area contributed by atoms with Crippen molar-refractivity contribution in [2.24, 2.45) is 11.3 Å². The Labute approximate surface area is 177 Å². The third-order valence-electron chi connectivity index (χ3n) is 6.44. The van der Waals surface area contributed by atoms with Gasteiger partial charge >= 0.3 is 5.97 Å². The van der Waals surface area contributed by atoms with Gasteiger partial charge in [-0.2, -0.15) is 5.26 Å². The minimum absolute atomic E-state index is 0.253. The van der Waals surface area contributed by atoms with E-state index in [0.717, 1.165) is 43.2 Å². The minimum atomic E-state index is -1.48. The highest BCUT2D eigenvalue weighted by atomic mass is 32.2. The van der Waals surface area contributed by atoms with Crippen molar-refractivity contribution in [3.8, 4) is 6.07 Å². The molecule has 0 unspecified atom stereocenters. The van der Waals surface area contributed by atoms with Crippen LogP contribution in [0.3, 0.4) is 0 Å². The van der Waals surface area contributed by atoms with E-state index < -0.39 is 27.1 Å². The van der Waals surface area contributed by atoms with Crippen LogP contribution in [-0.2, 0) is 32.9 Å². The Morgan fingerprint density at radius 2 is 2.17 bits per heavy atom. The third-order valence-corrected chi connectivity index (χ3v) is 8.05. The van der Waals surface area contributed by atoms with Crippen molar-refractivity contribution < 1.29 is 14.1 Å². The molecule has 1 N–H and O–H groups in total. The van der Waals surface area contributed by atoms with Crippen molar-refractivity contribution in [2.75, 3.05) is 6.61 Å². The predicted molar refractivity (Wildman–Crippen MR) is 114 cm³/mol. The van der Waals surface area contributed by atoms with E-state index in [2.05, 4.69) is 17.7 Å². The lowest BCUT2D eigenvalue weighted by molar-refractivity contribution is -0.159. The van der Waals surface area contributed by atoms with Crippen molar-refractivity contribution in [1.29, 1.82) is 5.26 Å². The molecule has 3 rings (SSSR count). The standard InChI is InChI=1S/C23H32N2O3S/c1-6-28-20(26)23(25-29(27)21(3,4)5)19-12-17(15-24)9-10-18(19)14-22(23)11-7-8-16(2)13-22/h9-10,12,16,25H,6-8,11,13-14H2,1-5H3/t16-,22+,23-,29+/m1/s1. The monoisotopic (exact) mass is 416 g/mol. The van der Waals surface area contributed by atoms with Crippen LogP contribution in [0.5, 0.6) is 0 Å². The smallest absolute Gasteiger partial charge is 0.336 e. The van der Waals surface area contributed by atoms with Gasteiger partial charge in [-0.3, -0.25) is 0 Å². The molecule has 0 saturated heterocycles. The number of benzene rings is 1. The predicted octanol–water partition coefficient (Wildman–Crippen LogP) is 4.12. The van der Waals surface area contributed by atoms with Gasteiger partial charge in [0.2, 0.25) is 0 Å². The van der Waals surface area contributed by atoms with Gasteiger partial charge in [0.05, 0.1) is 18.2 Å². The van der Waals surface area contributed by atoms with Crippen LogP contribution >= 0.6 is 0 Å². The van der Waals surface area contributed by atoms with E-state index in [1.54, 1.807) is 19.1 Å². The fourth-order valence-corrected chi connectivity index (χ4v) is 6.15. The highest BCUT2D eigenvalue weighted by Gasteiger charge is 2.66. The van der Waals surface area contributed by atoms with Crippen molar-refractivity contribution in [1.82, 2.24) is 4.72 Å². The van der Waals surface area contributed by atoms with Gasteiger partial charge in [0.25, 0.3) is 0 Å². The number of ether oxygens (including phenoxy) is 1. The Hall–Kier alpha value is -1.55. The van der Waals surface area contributed by atoms with E-state index in [0.29, 0.717) is 11.5 Å². The zero-order valence-electron chi connectivity index (χ0n) is 18.1. The van der Waals surface area contributed by atoms with Gasteiger partial charge in [0.1, 0.15) is 4.75 Å². The Morgan fingerprint density at radius 1 is 1.45 bits per heavy atom. The molecule has 29 heavy (non-hydrogen) atoms. The summed E-state index contributed by atoms with van der Waals surface area (Å²) in [5.74, 6) is 0.0905. The number of nitrogens with zero attached hydrogens (tertiary/aromatic N) is 1. The van der Waals surface area contributed by atoms with E-state index in [4.69, 9.17) is 4.74 Å². The first-order valence-corrected chi connectivity index (χ1v) is 11.6. The quantitative estimate of drug-likeness (QED) is 0.589. The second-order valence-electron chi connectivity index (χ2n) is 9.60. The minimum Gasteiger partial charge on any atom is -0.598 e. The molecule has 1 aromatic carbocycles. The van der Waals surface area contributed by atoms with Crippen LogP contribution in [-0.4, -0.2) is 21.9 Å². The van der Waals surface area contributed by atoms with Crippen LogP contribution in [0.15, 0.2) is 18.2 Å². The zero-order chi connectivity index (χ0) is 21.4. The zero-order valence-corrected chi connectivity index (χ0v) is 18.9. The molecule has 2 aliphatic rings. The lowest BCUT2D eigenvalue weighted by Gasteiger charge is -2.48. The molecule has 0 radical (unpaired) electrons. The van der Waals surface area contributed by atoms with Gasteiger partial charge in [-0.15, -0.1) is 4.72 Å². The van der Waals surface area contributed by atoms with Crippen molar-refractivity contribution in [3.05, 3.63) is 34.9 Å².